The van der Waals surface area contributed by atoms with Crippen LogP contribution >= 0.6 is 0 Å². The fourth-order valence-corrected chi connectivity index (χ4v) is 8.13. The molecule has 5 aliphatic rings. The Morgan fingerprint density at radius 3 is 2.62 bits per heavy atom. The van der Waals surface area contributed by atoms with Crippen LogP contribution in [0.5, 0.6) is 0 Å². The fraction of sp³-hybridized carbons (Fsp3) is 0.769. The molecule has 0 radical (unpaired) electrons. The van der Waals surface area contributed by atoms with Crippen molar-refractivity contribution in [3.05, 3.63) is 23.8 Å². The molecule has 3 saturated carbocycles. The Kier molecular flexibility index (Phi) is 5.32. The van der Waals surface area contributed by atoms with Gasteiger partial charge in [0.2, 0.25) is 0 Å². The van der Waals surface area contributed by atoms with Crippen molar-refractivity contribution in [2.24, 2.45) is 28.6 Å². The first-order chi connectivity index (χ1) is 15.1. The Labute approximate surface area is 191 Å². The topological polar surface area (TPSA) is 81.1 Å². The van der Waals surface area contributed by atoms with Gasteiger partial charge in [-0.1, -0.05) is 25.5 Å². The summed E-state index contributed by atoms with van der Waals surface area (Å²) in [6.45, 7) is 8.10. The number of Topliss-reactive ketones (excluding diaryl/α,β-unsaturated/α-hetero) is 1. The van der Waals surface area contributed by atoms with Gasteiger partial charge >= 0.3 is 0 Å². The molecular weight excluding hydrogens is 404 g/mol. The second-order valence-electron chi connectivity index (χ2n) is 11.6. The zero-order chi connectivity index (χ0) is 22.9. The number of rotatable bonds is 3. The Bertz CT molecular complexity index is 875. The molecule has 0 spiro atoms. The number of likely N-dealkylation sites (N-methyl/N-ethyl adjacent to an activating group) is 1. The van der Waals surface area contributed by atoms with Crippen molar-refractivity contribution >= 4 is 11.6 Å². The van der Waals surface area contributed by atoms with Gasteiger partial charge in [0.1, 0.15) is 5.60 Å². The molecule has 4 fully saturated rings. The molecule has 4 aliphatic carbocycles. The van der Waals surface area contributed by atoms with E-state index in [4.69, 9.17) is 0 Å². The molecule has 0 aromatic rings. The molecule has 5 rings (SSSR count). The molecule has 0 aromatic carbocycles. The van der Waals surface area contributed by atoms with Gasteiger partial charge in [-0.25, -0.2) is 0 Å². The third-order valence-corrected chi connectivity index (χ3v) is 10.1. The first-order valence-electron chi connectivity index (χ1n) is 12.4. The summed E-state index contributed by atoms with van der Waals surface area (Å²) in [5.41, 5.74) is -1.17. The standard InChI is InChI=1S/C26H38N2O4/c1-24-8-6-18(29)14-17(24)4-5-19-20-7-9-26(32,25(20,2)15-21(30)23(19)24)22(31)16-28-12-10-27(3)11-13-28/h6,8,14,19-21,23,30,32H,4-5,7,9-13,15-16H2,1-3H3/t19-,20+,21-,23+,24-,25+,26+/m1/s1. The van der Waals surface area contributed by atoms with Crippen LogP contribution in [0.25, 0.3) is 0 Å². The molecule has 176 valence electrons. The largest absolute Gasteiger partial charge is 0.393 e. The van der Waals surface area contributed by atoms with E-state index in [0.717, 1.165) is 51.0 Å². The van der Waals surface area contributed by atoms with Gasteiger partial charge in [-0.05, 0) is 63.1 Å². The second-order valence-corrected chi connectivity index (χ2v) is 11.6. The minimum atomic E-state index is -1.37. The lowest BCUT2D eigenvalue weighted by Crippen LogP contribution is -2.62. The average molecular weight is 443 g/mol. The average Bonchev–Trinajstić information content (AvgIpc) is 3.01. The van der Waals surface area contributed by atoms with Crippen molar-refractivity contribution in [2.45, 2.75) is 57.7 Å². The lowest BCUT2D eigenvalue weighted by Gasteiger charge is -2.59. The van der Waals surface area contributed by atoms with Gasteiger partial charge in [-0.3, -0.25) is 14.5 Å². The van der Waals surface area contributed by atoms with Gasteiger partial charge in [0, 0.05) is 42.9 Å². The van der Waals surface area contributed by atoms with E-state index in [1.54, 1.807) is 12.2 Å². The number of piperazine rings is 1. The predicted molar refractivity (Wildman–Crippen MR) is 122 cm³/mol. The van der Waals surface area contributed by atoms with Crippen LogP contribution in [0.15, 0.2) is 23.8 Å². The van der Waals surface area contributed by atoms with E-state index < -0.39 is 17.1 Å². The monoisotopic (exact) mass is 442 g/mol. The summed E-state index contributed by atoms with van der Waals surface area (Å²) in [5, 5.41) is 23.3. The van der Waals surface area contributed by atoms with Crippen molar-refractivity contribution < 1.29 is 19.8 Å². The molecule has 0 bridgehead atoms. The Hall–Kier alpha value is -1.34. The van der Waals surface area contributed by atoms with Gasteiger partial charge in [0.05, 0.1) is 12.6 Å². The first-order valence-corrected chi connectivity index (χ1v) is 12.4. The van der Waals surface area contributed by atoms with Gasteiger partial charge in [-0.2, -0.15) is 0 Å². The van der Waals surface area contributed by atoms with E-state index in [1.165, 1.54) is 0 Å². The van der Waals surface area contributed by atoms with Crippen molar-refractivity contribution in [1.82, 2.24) is 9.80 Å². The molecule has 6 nitrogen and oxygen atoms in total. The van der Waals surface area contributed by atoms with E-state index in [9.17, 15) is 19.8 Å². The summed E-state index contributed by atoms with van der Waals surface area (Å²) in [4.78, 5) is 29.9. The van der Waals surface area contributed by atoms with Crippen LogP contribution < -0.4 is 0 Å². The van der Waals surface area contributed by atoms with Gasteiger partial charge in [0.15, 0.2) is 11.6 Å². The van der Waals surface area contributed by atoms with Crippen LogP contribution in [-0.2, 0) is 9.59 Å². The molecule has 1 heterocycles. The summed E-state index contributed by atoms with van der Waals surface area (Å²) in [5.74, 6) is 0.454. The number of aliphatic hydroxyl groups excluding tert-OH is 1. The highest BCUT2D eigenvalue weighted by atomic mass is 16.3. The van der Waals surface area contributed by atoms with Crippen LogP contribution in [-0.4, -0.2) is 83.1 Å². The van der Waals surface area contributed by atoms with Crippen LogP contribution in [0.2, 0.25) is 0 Å². The molecule has 6 heteroatoms. The number of allylic oxidation sites excluding steroid dienone is 4. The second kappa shape index (κ2) is 7.59. The van der Waals surface area contributed by atoms with Gasteiger partial charge in [0.25, 0.3) is 0 Å². The van der Waals surface area contributed by atoms with E-state index in [1.807, 2.05) is 6.08 Å². The van der Waals surface area contributed by atoms with E-state index >= 15 is 0 Å². The van der Waals surface area contributed by atoms with Crippen molar-refractivity contribution in [3.63, 3.8) is 0 Å². The number of aliphatic hydroxyl groups is 2. The summed E-state index contributed by atoms with van der Waals surface area (Å²) in [7, 11) is 2.10. The van der Waals surface area contributed by atoms with E-state index in [-0.39, 0.29) is 34.7 Å². The molecule has 1 saturated heterocycles. The highest BCUT2D eigenvalue weighted by molar-refractivity contribution is 6.01. The highest BCUT2D eigenvalue weighted by Crippen LogP contribution is 2.67. The van der Waals surface area contributed by atoms with Crippen LogP contribution in [0.1, 0.15) is 46.0 Å². The van der Waals surface area contributed by atoms with E-state index in [0.29, 0.717) is 19.4 Å². The number of ketones is 2. The first kappa shape index (κ1) is 22.5. The third kappa shape index (κ3) is 3.13. The maximum Gasteiger partial charge on any atom is 0.178 e. The molecule has 0 amide bonds. The zero-order valence-corrected chi connectivity index (χ0v) is 19.7. The van der Waals surface area contributed by atoms with Gasteiger partial charge in [-0.15, -0.1) is 0 Å². The molecule has 2 N–H and O–H groups in total. The highest BCUT2D eigenvalue weighted by Gasteiger charge is 2.68. The summed E-state index contributed by atoms with van der Waals surface area (Å²) in [6, 6.07) is 0. The predicted octanol–water partition coefficient (Wildman–Crippen LogP) is 1.81. The van der Waals surface area contributed by atoms with Crippen molar-refractivity contribution in [3.8, 4) is 0 Å². The van der Waals surface area contributed by atoms with Crippen molar-refractivity contribution in [2.75, 3.05) is 39.8 Å². The summed E-state index contributed by atoms with van der Waals surface area (Å²) >= 11 is 0. The summed E-state index contributed by atoms with van der Waals surface area (Å²) < 4.78 is 0. The smallest absolute Gasteiger partial charge is 0.178 e. The number of carbonyl (C=O) groups is 2. The molecular formula is C26H38N2O4. The molecule has 0 aromatic heterocycles. The lowest BCUT2D eigenvalue weighted by atomic mass is 9.46. The molecule has 0 unspecified atom stereocenters. The maximum atomic E-state index is 13.5. The summed E-state index contributed by atoms with van der Waals surface area (Å²) in [6.07, 6.45) is 8.33. The number of hydrogen-bond donors (Lipinski definition) is 2. The number of nitrogens with zero attached hydrogens (tertiary/aromatic N) is 2. The fourth-order valence-electron chi connectivity index (χ4n) is 8.13. The van der Waals surface area contributed by atoms with Crippen LogP contribution in [0.4, 0.5) is 0 Å². The van der Waals surface area contributed by atoms with Crippen LogP contribution in [0.3, 0.4) is 0 Å². The van der Waals surface area contributed by atoms with Crippen LogP contribution in [0, 0.1) is 28.6 Å². The minimum absolute atomic E-state index is 0.0278. The third-order valence-electron chi connectivity index (χ3n) is 10.1. The zero-order valence-electron chi connectivity index (χ0n) is 19.7. The van der Waals surface area contributed by atoms with E-state index in [2.05, 4.69) is 30.7 Å². The molecule has 7 atom stereocenters. The number of fused-ring (bicyclic) bond motifs is 5. The number of hydrogen-bond acceptors (Lipinski definition) is 6. The number of carbonyl (C=O) groups excluding carboxylic acids is 2. The normalized spacial score (nSPS) is 46.9. The Morgan fingerprint density at radius 1 is 1.19 bits per heavy atom. The SMILES string of the molecule is CN1CCN(CC(=O)[C@@]2(O)CC[C@H]3[C@H]4CCC5=CC(=O)C=C[C@@]5(C)[C@@H]4[C@H](O)C[C@@]32C)CC1. The Morgan fingerprint density at radius 2 is 1.91 bits per heavy atom. The maximum absolute atomic E-state index is 13.5. The molecule has 1 aliphatic heterocycles. The minimum Gasteiger partial charge on any atom is -0.393 e. The van der Waals surface area contributed by atoms with Crippen molar-refractivity contribution in [1.29, 1.82) is 0 Å². The van der Waals surface area contributed by atoms with Gasteiger partial charge < -0.3 is 15.1 Å². The lowest BCUT2D eigenvalue weighted by molar-refractivity contribution is -0.177. The quantitative estimate of drug-likeness (QED) is 0.694. The molecule has 32 heavy (non-hydrogen) atoms. The Balaban J connectivity index is 1.40.